The van der Waals surface area contributed by atoms with Crippen molar-refractivity contribution in [3.05, 3.63) is 201 Å². The van der Waals surface area contributed by atoms with Gasteiger partial charge in [-0.2, -0.15) is 0 Å². The highest BCUT2D eigenvalue weighted by atomic mass is 16.6. The maximum Gasteiger partial charge on any atom is 0.269 e. The Kier molecular flexibility index (Phi) is 7.47. The van der Waals surface area contributed by atoms with Gasteiger partial charge in [0, 0.05) is 12.1 Å². The first-order valence-corrected chi connectivity index (χ1v) is 18.0. The van der Waals surface area contributed by atoms with E-state index in [0.29, 0.717) is 16.8 Å². The Bertz CT molecular complexity index is 2400. The second-order valence-corrected chi connectivity index (χ2v) is 14.5. The van der Waals surface area contributed by atoms with E-state index in [9.17, 15) is 10.1 Å². The standard InChI is InChI=1S/C47H34N2O5/c1-29-13-17-33(18-14-29)39-40(34-19-15-30(2)16-20-34)47(36-11-7-4-8-12-36)42-41(46(39,45(47)52)35-9-5-3-6-10-35)43(50)48(44(42)51)37-25-21-31(22-26-37)32-23-27-38(28-24-32)49(53)54/h3-28,41-42H,1-2H3/t41-,42+,46-,47-/m1/s1. The van der Waals surface area contributed by atoms with Gasteiger partial charge in [-0.1, -0.05) is 132 Å². The van der Waals surface area contributed by atoms with Crippen LogP contribution in [0.3, 0.4) is 0 Å². The van der Waals surface area contributed by atoms with Crippen molar-refractivity contribution in [2.24, 2.45) is 11.8 Å². The van der Waals surface area contributed by atoms with Gasteiger partial charge >= 0.3 is 0 Å². The minimum Gasteiger partial charge on any atom is -0.297 e. The molecule has 2 bridgehead atoms. The minimum absolute atomic E-state index is 0.0114. The third-order valence-electron chi connectivity index (χ3n) is 11.7. The molecule has 1 saturated heterocycles. The van der Waals surface area contributed by atoms with Crippen molar-refractivity contribution < 1.29 is 19.3 Å². The first-order chi connectivity index (χ1) is 26.2. The van der Waals surface area contributed by atoms with Crippen molar-refractivity contribution in [2.75, 3.05) is 4.90 Å². The lowest BCUT2D eigenvalue weighted by molar-refractivity contribution is -0.384. The molecule has 9 rings (SSSR count). The molecule has 2 fully saturated rings. The summed E-state index contributed by atoms with van der Waals surface area (Å²) in [7, 11) is 0. The van der Waals surface area contributed by atoms with Crippen molar-refractivity contribution in [1.82, 2.24) is 0 Å². The molecule has 0 spiro atoms. The Balaban J connectivity index is 1.31. The molecule has 0 N–H and O–H groups in total. The molecule has 6 aromatic carbocycles. The number of anilines is 1. The predicted octanol–water partition coefficient (Wildman–Crippen LogP) is 9.07. The number of carbonyl (C=O) groups is 3. The van der Waals surface area contributed by atoms with Crippen LogP contribution in [0.1, 0.15) is 33.4 Å². The van der Waals surface area contributed by atoms with Gasteiger partial charge in [-0.05, 0) is 82.6 Å². The van der Waals surface area contributed by atoms with Crippen LogP contribution >= 0.6 is 0 Å². The van der Waals surface area contributed by atoms with Gasteiger partial charge < -0.3 is 0 Å². The lowest BCUT2D eigenvalue weighted by Gasteiger charge is -2.39. The second kappa shape index (κ2) is 12.2. The van der Waals surface area contributed by atoms with Crippen LogP contribution in [0.4, 0.5) is 11.4 Å². The normalized spacial score (nSPS) is 22.9. The topological polar surface area (TPSA) is 97.6 Å². The SMILES string of the molecule is Cc1ccc(C2=C(c3ccc(C)cc3)[C@@]3(c4ccccc4)C(=O)[C@@]2(c2ccccc2)[C@@H]2C(=O)N(c4ccc(-c5ccc([N+](=O)[O-])cc5)cc4)C(=O)[C@@H]23)cc1. The van der Waals surface area contributed by atoms with Gasteiger partial charge in [-0.3, -0.25) is 24.5 Å². The summed E-state index contributed by atoms with van der Waals surface area (Å²) in [4.78, 5) is 58.8. The third-order valence-corrected chi connectivity index (χ3v) is 11.7. The minimum atomic E-state index is -1.49. The van der Waals surface area contributed by atoms with E-state index >= 15 is 14.4 Å². The fourth-order valence-electron chi connectivity index (χ4n) is 9.40. The number of hydrogen-bond donors (Lipinski definition) is 0. The van der Waals surface area contributed by atoms with Crippen LogP contribution in [-0.4, -0.2) is 22.5 Å². The predicted molar refractivity (Wildman–Crippen MR) is 208 cm³/mol. The van der Waals surface area contributed by atoms with E-state index in [2.05, 4.69) is 0 Å². The summed E-state index contributed by atoms with van der Waals surface area (Å²) in [6, 6.07) is 48.6. The highest BCUT2D eigenvalue weighted by molar-refractivity contribution is 6.39. The van der Waals surface area contributed by atoms with Crippen LogP contribution < -0.4 is 4.90 Å². The number of fused-ring (bicyclic) bond motifs is 5. The maximum absolute atomic E-state index is 16.1. The van der Waals surface area contributed by atoms with E-state index in [4.69, 9.17) is 0 Å². The molecular weight excluding hydrogens is 673 g/mol. The molecule has 4 atom stereocenters. The molecule has 7 heteroatoms. The summed E-state index contributed by atoms with van der Waals surface area (Å²) in [5.41, 5.74) is 5.58. The molecule has 7 nitrogen and oxygen atoms in total. The van der Waals surface area contributed by atoms with Crippen LogP contribution in [0.15, 0.2) is 158 Å². The maximum atomic E-state index is 16.1. The number of amides is 2. The fraction of sp³-hybridized carbons (Fsp3) is 0.128. The molecule has 2 amide bonds. The zero-order valence-electron chi connectivity index (χ0n) is 29.6. The van der Waals surface area contributed by atoms with Gasteiger partial charge in [0.15, 0.2) is 5.78 Å². The van der Waals surface area contributed by atoms with Crippen LogP contribution in [0, 0.1) is 35.8 Å². The monoisotopic (exact) mass is 706 g/mol. The smallest absolute Gasteiger partial charge is 0.269 e. The lowest BCUT2D eigenvalue weighted by Crippen LogP contribution is -2.45. The molecule has 54 heavy (non-hydrogen) atoms. The number of hydrogen-bond acceptors (Lipinski definition) is 5. The van der Waals surface area contributed by atoms with Gasteiger partial charge in [0.2, 0.25) is 11.8 Å². The molecule has 1 heterocycles. The molecular formula is C47H34N2O5. The quantitative estimate of drug-likeness (QED) is 0.0938. The Morgan fingerprint density at radius 1 is 0.500 bits per heavy atom. The van der Waals surface area contributed by atoms with Crippen LogP contribution in [0.2, 0.25) is 0 Å². The van der Waals surface area contributed by atoms with Crippen molar-refractivity contribution in [3.63, 3.8) is 0 Å². The van der Waals surface area contributed by atoms with Gasteiger partial charge in [0.1, 0.15) is 0 Å². The number of nitrogens with zero attached hydrogens (tertiary/aromatic N) is 2. The lowest BCUT2D eigenvalue weighted by atomic mass is 9.59. The van der Waals surface area contributed by atoms with Gasteiger partial charge in [-0.25, -0.2) is 4.90 Å². The molecule has 0 aromatic heterocycles. The van der Waals surface area contributed by atoms with E-state index in [-0.39, 0.29) is 11.5 Å². The fourth-order valence-corrected chi connectivity index (χ4v) is 9.40. The number of rotatable bonds is 7. The van der Waals surface area contributed by atoms with Crippen LogP contribution in [-0.2, 0) is 25.2 Å². The molecule has 1 aliphatic heterocycles. The average molecular weight is 707 g/mol. The van der Waals surface area contributed by atoms with Crippen LogP contribution in [0.25, 0.3) is 22.3 Å². The molecule has 3 aliphatic rings. The van der Waals surface area contributed by atoms with Gasteiger partial charge in [0.25, 0.3) is 5.69 Å². The molecule has 1 saturated carbocycles. The van der Waals surface area contributed by atoms with Crippen molar-refractivity contribution in [3.8, 4) is 11.1 Å². The number of carbonyl (C=O) groups excluding carboxylic acids is 3. The Hall–Kier alpha value is -6.73. The molecule has 2 aliphatic carbocycles. The first kappa shape index (κ1) is 33.1. The third kappa shape index (κ3) is 4.45. The Morgan fingerprint density at radius 2 is 0.870 bits per heavy atom. The van der Waals surface area contributed by atoms with E-state index in [1.54, 1.807) is 36.4 Å². The number of ketones is 1. The Morgan fingerprint density at radius 3 is 1.26 bits per heavy atom. The summed E-state index contributed by atoms with van der Waals surface area (Å²) in [5, 5.41) is 11.2. The highest BCUT2D eigenvalue weighted by Gasteiger charge is 2.82. The number of aryl methyl sites for hydroxylation is 2. The summed E-state index contributed by atoms with van der Waals surface area (Å²) >= 11 is 0. The summed E-state index contributed by atoms with van der Waals surface area (Å²) < 4.78 is 0. The first-order valence-electron chi connectivity index (χ1n) is 18.0. The van der Waals surface area contributed by atoms with Crippen molar-refractivity contribution in [2.45, 2.75) is 24.7 Å². The number of non-ortho nitro benzene ring substituents is 1. The van der Waals surface area contributed by atoms with E-state index in [0.717, 1.165) is 44.5 Å². The largest absolute Gasteiger partial charge is 0.297 e. The van der Waals surface area contributed by atoms with Gasteiger partial charge in [-0.15, -0.1) is 0 Å². The number of benzene rings is 6. The van der Waals surface area contributed by atoms with E-state index in [1.165, 1.54) is 17.0 Å². The van der Waals surface area contributed by atoms with Gasteiger partial charge in [0.05, 0.1) is 33.3 Å². The number of Topliss-reactive ketones (excluding diaryl/α,β-unsaturated/α-hetero) is 1. The van der Waals surface area contributed by atoms with E-state index < -0.39 is 39.4 Å². The van der Waals surface area contributed by atoms with Crippen molar-refractivity contribution in [1.29, 1.82) is 0 Å². The Labute approximate surface area is 312 Å². The summed E-state index contributed by atoms with van der Waals surface area (Å²) in [6.45, 7) is 4.03. The molecule has 262 valence electrons. The highest BCUT2D eigenvalue weighted by Crippen LogP contribution is 2.74. The molecule has 0 unspecified atom stereocenters. The summed E-state index contributed by atoms with van der Waals surface area (Å²) in [6.07, 6.45) is 0. The number of nitro groups is 1. The second-order valence-electron chi connectivity index (χ2n) is 14.5. The zero-order chi connectivity index (χ0) is 37.4. The number of allylic oxidation sites excluding steroid dienone is 2. The molecule has 6 aromatic rings. The van der Waals surface area contributed by atoms with Crippen molar-refractivity contribution >= 4 is 40.1 Å². The number of nitro benzene ring substituents is 1. The molecule has 0 radical (unpaired) electrons. The zero-order valence-corrected chi connectivity index (χ0v) is 29.6. The average Bonchev–Trinajstić information content (AvgIpc) is 3.71. The summed E-state index contributed by atoms with van der Waals surface area (Å²) in [5.74, 6) is -3.06. The van der Waals surface area contributed by atoms with E-state index in [1.807, 2.05) is 123 Å². The van der Waals surface area contributed by atoms with Crippen LogP contribution in [0.5, 0.6) is 0 Å². The number of imide groups is 1.